The van der Waals surface area contributed by atoms with Gasteiger partial charge < -0.3 is 5.32 Å². The van der Waals surface area contributed by atoms with Crippen LogP contribution in [0.1, 0.15) is 0 Å². The van der Waals surface area contributed by atoms with Crippen molar-refractivity contribution in [3.63, 3.8) is 0 Å². The maximum absolute atomic E-state index is 12.9. The highest BCUT2D eigenvalue weighted by molar-refractivity contribution is 7.98. The molecule has 0 aliphatic heterocycles. The third kappa shape index (κ3) is 2.70. The first-order valence-electron chi connectivity index (χ1n) is 3.68. The standard InChI is InChI=1S/C8H11FN2S/c1-12-6-5-11-8-7(9)3-2-4-10-8/h2-4H,5-6H2,1H3,(H,10,11). The zero-order valence-corrected chi connectivity index (χ0v) is 7.70. The van der Waals surface area contributed by atoms with E-state index in [0.717, 1.165) is 12.3 Å². The third-order valence-electron chi connectivity index (χ3n) is 1.36. The van der Waals surface area contributed by atoms with E-state index in [4.69, 9.17) is 0 Å². The van der Waals surface area contributed by atoms with Crippen LogP contribution in [-0.4, -0.2) is 23.5 Å². The van der Waals surface area contributed by atoms with Gasteiger partial charge in [-0.15, -0.1) is 0 Å². The third-order valence-corrected chi connectivity index (χ3v) is 1.97. The molecule has 4 heteroatoms. The van der Waals surface area contributed by atoms with Crippen molar-refractivity contribution in [2.45, 2.75) is 0 Å². The monoisotopic (exact) mass is 186 g/mol. The minimum Gasteiger partial charge on any atom is -0.367 e. The van der Waals surface area contributed by atoms with E-state index in [9.17, 15) is 4.39 Å². The molecule has 0 saturated carbocycles. The molecule has 2 nitrogen and oxygen atoms in total. The minimum atomic E-state index is -0.293. The number of aromatic nitrogens is 1. The second-order valence-electron chi connectivity index (χ2n) is 2.25. The average molecular weight is 186 g/mol. The van der Waals surface area contributed by atoms with Gasteiger partial charge in [-0.25, -0.2) is 9.37 Å². The first-order valence-corrected chi connectivity index (χ1v) is 5.07. The highest BCUT2D eigenvalue weighted by Gasteiger charge is 1.98. The van der Waals surface area contributed by atoms with E-state index in [1.807, 2.05) is 6.26 Å². The van der Waals surface area contributed by atoms with Crippen molar-refractivity contribution in [2.75, 3.05) is 23.9 Å². The van der Waals surface area contributed by atoms with Gasteiger partial charge in [-0.05, 0) is 18.4 Å². The Morgan fingerprint density at radius 1 is 1.67 bits per heavy atom. The summed E-state index contributed by atoms with van der Waals surface area (Å²) in [5.74, 6) is 1.00. The van der Waals surface area contributed by atoms with Gasteiger partial charge in [0.15, 0.2) is 11.6 Å². The molecule has 66 valence electrons. The number of pyridine rings is 1. The Hall–Kier alpha value is -0.770. The van der Waals surface area contributed by atoms with Crippen LogP contribution in [0.25, 0.3) is 0 Å². The van der Waals surface area contributed by atoms with Crippen molar-refractivity contribution in [1.82, 2.24) is 4.98 Å². The van der Waals surface area contributed by atoms with Crippen LogP contribution < -0.4 is 5.32 Å². The summed E-state index contributed by atoms with van der Waals surface area (Å²) in [7, 11) is 0. The molecule has 0 atom stereocenters. The maximum atomic E-state index is 12.9. The van der Waals surface area contributed by atoms with E-state index in [1.165, 1.54) is 6.07 Å². The Kier molecular flexibility index (Phi) is 3.87. The second kappa shape index (κ2) is 4.98. The first-order chi connectivity index (χ1) is 5.84. The van der Waals surface area contributed by atoms with Crippen LogP contribution in [-0.2, 0) is 0 Å². The number of halogens is 1. The summed E-state index contributed by atoms with van der Waals surface area (Å²) in [5.41, 5.74) is 0. The van der Waals surface area contributed by atoms with E-state index in [2.05, 4.69) is 10.3 Å². The molecule has 0 saturated heterocycles. The van der Waals surface area contributed by atoms with Crippen molar-refractivity contribution in [3.05, 3.63) is 24.1 Å². The summed E-state index contributed by atoms with van der Waals surface area (Å²) in [4.78, 5) is 3.85. The summed E-state index contributed by atoms with van der Waals surface area (Å²) in [6, 6.07) is 2.98. The lowest BCUT2D eigenvalue weighted by Gasteiger charge is -2.03. The van der Waals surface area contributed by atoms with E-state index in [-0.39, 0.29) is 5.82 Å². The largest absolute Gasteiger partial charge is 0.367 e. The number of thioether (sulfide) groups is 1. The van der Waals surface area contributed by atoms with Crippen molar-refractivity contribution in [3.8, 4) is 0 Å². The van der Waals surface area contributed by atoms with Crippen LogP contribution in [0.2, 0.25) is 0 Å². The molecule has 12 heavy (non-hydrogen) atoms. The van der Waals surface area contributed by atoms with Crippen molar-refractivity contribution in [2.24, 2.45) is 0 Å². The van der Waals surface area contributed by atoms with Crippen molar-refractivity contribution < 1.29 is 4.39 Å². The lowest BCUT2D eigenvalue weighted by molar-refractivity contribution is 0.625. The van der Waals surface area contributed by atoms with E-state index in [1.54, 1.807) is 24.0 Å². The lowest BCUT2D eigenvalue weighted by Crippen LogP contribution is -2.06. The molecule has 0 aromatic carbocycles. The highest BCUT2D eigenvalue weighted by Crippen LogP contribution is 2.07. The minimum absolute atomic E-state index is 0.293. The summed E-state index contributed by atoms with van der Waals surface area (Å²) >= 11 is 1.71. The molecule has 0 bridgehead atoms. The van der Waals surface area contributed by atoms with Gasteiger partial charge in [0.25, 0.3) is 0 Å². The lowest BCUT2D eigenvalue weighted by atomic mass is 10.4. The van der Waals surface area contributed by atoms with Gasteiger partial charge in [0.2, 0.25) is 0 Å². The fraction of sp³-hybridized carbons (Fsp3) is 0.375. The highest BCUT2D eigenvalue weighted by atomic mass is 32.2. The number of hydrogen-bond acceptors (Lipinski definition) is 3. The molecule has 0 fully saturated rings. The smallest absolute Gasteiger partial charge is 0.165 e. The van der Waals surface area contributed by atoms with Crippen LogP contribution in [0.15, 0.2) is 18.3 Å². The molecule has 1 heterocycles. The maximum Gasteiger partial charge on any atom is 0.165 e. The predicted octanol–water partition coefficient (Wildman–Crippen LogP) is 2.00. The van der Waals surface area contributed by atoms with Crippen molar-refractivity contribution in [1.29, 1.82) is 0 Å². The number of rotatable bonds is 4. The number of hydrogen-bond donors (Lipinski definition) is 1. The molecule has 1 rings (SSSR count). The summed E-state index contributed by atoms with van der Waals surface area (Å²) in [6.45, 7) is 0.745. The normalized spacial score (nSPS) is 9.83. The van der Waals surface area contributed by atoms with Crippen LogP contribution in [0, 0.1) is 5.82 Å². The Balaban J connectivity index is 2.46. The molecule has 0 spiro atoms. The zero-order valence-electron chi connectivity index (χ0n) is 6.88. The van der Waals surface area contributed by atoms with Gasteiger partial charge in [0.05, 0.1) is 0 Å². The zero-order chi connectivity index (χ0) is 8.81. The first kappa shape index (κ1) is 9.32. The average Bonchev–Trinajstić information content (AvgIpc) is 2.09. The quantitative estimate of drug-likeness (QED) is 0.728. The molecule has 0 aliphatic carbocycles. The van der Waals surface area contributed by atoms with Gasteiger partial charge in [-0.2, -0.15) is 11.8 Å². The molecule has 1 N–H and O–H groups in total. The van der Waals surface area contributed by atoms with Crippen LogP contribution in [0.5, 0.6) is 0 Å². The Morgan fingerprint density at radius 3 is 3.17 bits per heavy atom. The van der Waals surface area contributed by atoms with E-state index in [0.29, 0.717) is 5.82 Å². The topological polar surface area (TPSA) is 24.9 Å². The number of nitrogens with one attached hydrogen (secondary N) is 1. The van der Waals surface area contributed by atoms with Crippen LogP contribution >= 0.6 is 11.8 Å². The number of nitrogens with zero attached hydrogens (tertiary/aromatic N) is 1. The summed E-state index contributed by atoms with van der Waals surface area (Å²) < 4.78 is 12.9. The van der Waals surface area contributed by atoms with Gasteiger partial charge in [-0.1, -0.05) is 0 Å². The molecule has 0 aliphatic rings. The fourth-order valence-electron chi connectivity index (χ4n) is 0.787. The molecular formula is C8H11FN2S. The van der Waals surface area contributed by atoms with Gasteiger partial charge in [0, 0.05) is 18.5 Å². The van der Waals surface area contributed by atoms with Crippen LogP contribution in [0.4, 0.5) is 10.2 Å². The molecule has 0 unspecified atom stereocenters. The second-order valence-corrected chi connectivity index (χ2v) is 3.24. The fourth-order valence-corrected chi connectivity index (χ4v) is 1.09. The summed E-state index contributed by atoms with van der Waals surface area (Å²) in [6.07, 6.45) is 3.58. The Bertz CT molecular complexity index is 242. The van der Waals surface area contributed by atoms with E-state index >= 15 is 0 Å². The van der Waals surface area contributed by atoms with E-state index < -0.39 is 0 Å². The molecule has 1 aromatic rings. The summed E-state index contributed by atoms with van der Waals surface area (Å²) in [5, 5.41) is 2.91. The number of anilines is 1. The molecule has 0 amide bonds. The van der Waals surface area contributed by atoms with Gasteiger partial charge in [-0.3, -0.25) is 0 Å². The SMILES string of the molecule is CSCCNc1ncccc1F. The Labute approximate surface area is 75.6 Å². The van der Waals surface area contributed by atoms with Crippen LogP contribution in [0.3, 0.4) is 0 Å². The molecule has 1 aromatic heterocycles. The Morgan fingerprint density at radius 2 is 2.50 bits per heavy atom. The predicted molar refractivity (Wildman–Crippen MR) is 51.1 cm³/mol. The van der Waals surface area contributed by atoms with Gasteiger partial charge >= 0.3 is 0 Å². The molecule has 0 radical (unpaired) electrons. The van der Waals surface area contributed by atoms with Gasteiger partial charge in [0.1, 0.15) is 0 Å². The van der Waals surface area contributed by atoms with Crippen molar-refractivity contribution >= 4 is 17.6 Å². The molecular weight excluding hydrogens is 175 g/mol.